The number of anilines is 1. The van der Waals surface area contributed by atoms with Crippen LogP contribution in [0.1, 0.15) is 27.2 Å². The number of urea groups is 1. The van der Waals surface area contributed by atoms with Gasteiger partial charge in [0.15, 0.2) is 0 Å². The van der Waals surface area contributed by atoms with E-state index >= 15 is 0 Å². The van der Waals surface area contributed by atoms with Gasteiger partial charge >= 0.3 is 6.03 Å². The summed E-state index contributed by atoms with van der Waals surface area (Å²) in [7, 11) is 0. The van der Waals surface area contributed by atoms with Crippen LogP contribution < -0.4 is 10.6 Å². The van der Waals surface area contributed by atoms with Gasteiger partial charge in [-0.25, -0.2) is 9.18 Å². The van der Waals surface area contributed by atoms with Gasteiger partial charge in [-0.3, -0.25) is 0 Å². The minimum atomic E-state index is -0.499. The average Bonchev–Trinajstić information content (AvgIpc) is 2.31. The second kappa shape index (κ2) is 6.52. The monoisotopic (exact) mass is 268 g/mol. The molecule has 0 fully saturated rings. The lowest BCUT2D eigenvalue weighted by atomic mass is 9.87. The Hall–Kier alpha value is -1.62. The van der Waals surface area contributed by atoms with Gasteiger partial charge in [-0.15, -0.1) is 0 Å². The Morgan fingerprint density at radius 2 is 2.00 bits per heavy atom. The third kappa shape index (κ3) is 5.26. The molecule has 2 amide bonds. The zero-order valence-corrected chi connectivity index (χ0v) is 11.5. The number of rotatable bonds is 4. The van der Waals surface area contributed by atoms with Crippen LogP contribution in [0.5, 0.6) is 0 Å². The lowest BCUT2D eigenvalue weighted by Crippen LogP contribution is -2.34. The van der Waals surface area contributed by atoms with Gasteiger partial charge in [-0.2, -0.15) is 0 Å². The molecule has 1 atom stereocenters. The Balaban J connectivity index is 2.35. The molecular formula is C14H21FN2O2. The van der Waals surface area contributed by atoms with Crippen LogP contribution in [0, 0.1) is 11.2 Å². The van der Waals surface area contributed by atoms with Crippen LogP contribution >= 0.6 is 0 Å². The Morgan fingerprint density at radius 1 is 1.37 bits per heavy atom. The van der Waals surface area contributed by atoms with Gasteiger partial charge in [0.25, 0.3) is 0 Å². The molecule has 1 aromatic rings. The lowest BCUT2D eigenvalue weighted by Gasteiger charge is -2.25. The summed E-state index contributed by atoms with van der Waals surface area (Å²) in [5, 5.41) is 14.8. The van der Waals surface area contributed by atoms with E-state index < -0.39 is 18.0 Å². The summed E-state index contributed by atoms with van der Waals surface area (Å²) < 4.78 is 13.3. The van der Waals surface area contributed by atoms with Gasteiger partial charge in [-0.05, 0) is 24.0 Å². The normalized spacial score (nSPS) is 12.9. The molecule has 3 N–H and O–H groups in total. The van der Waals surface area contributed by atoms with Crippen molar-refractivity contribution in [2.24, 2.45) is 5.41 Å². The van der Waals surface area contributed by atoms with Gasteiger partial charge < -0.3 is 15.7 Å². The van der Waals surface area contributed by atoms with Crippen molar-refractivity contribution in [3.05, 3.63) is 30.1 Å². The van der Waals surface area contributed by atoms with E-state index in [1.54, 1.807) is 12.1 Å². The van der Waals surface area contributed by atoms with E-state index in [2.05, 4.69) is 10.6 Å². The summed E-state index contributed by atoms with van der Waals surface area (Å²) in [5.41, 5.74) is -0.0830. The first-order valence-electron chi connectivity index (χ1n) is 6.28. The Kier molecular flexibility index (Phi) is 5.30. The number of nitrogens with one attached hydrogen (secondary N) is 2. The number of aliphatic hydroxyl groups is 1. The van der Waals surface area contributed by atoms with Gasteiger partial charge in [0.2, 0.25) is 0 Å². The zero-order valence-electron chi connectivity index (χ0n) is 11.5. The molecule has 0 spiro atoms. The Bertz CT molecular complexity index is 430. The number of halogens is 1. The smallest absolute Gasteiger partial charge is 0.319 e. The summed E-state index contributed by atoms with van der Waals surface area (Å²) in [6.45, 7) is 6.12. The highest BCUT2D eigenvalue weighted by molar-refractivity contribution is 5.89. The van der Waals surface area contributed by atoms with Crippen molar-refractivity contribution in [3.8, 4) is 0 Å². The van der Waals surface area contributed by atoms with Crippen molar-refractivity contribution in [1.29, 1.82) is 0 Å². The van der Waals surface area contributed by atoms with E-state index in [9.17, 15) is 14.3 Å². The molecule has 0 aliphatic rings. The highest BCUT2D eigenvalue weighted by Crippen LogP contribution is 2.20. The van der Waals surface area contributed by atoms with Crippen molar-refractivity contribution in [2.45, 2.75) is 33.3 Å². The third-order valence-corrected chi connectivity index (χ3v) is 2.83. The van der Waals surface area contributed by atoms with E-state index in [4.69, 9.17) is 0 Å². The van der Waals surface area contributed by atoms with Crippen LogP contribution in [0.2, 0.25) is 0 Å². The fourth-order valence-corrected chi connectivity index (χ4v) is 1.48. The van der Waals surface area contributed by atoms with E-state index in [-0.39, 0.29) is 11.1 Å². The molecule has 19 heavy (non-hydrogen) atoms. The zero-order chi connectivity index (χ0) is 14.5. The molecule has 5 heteroatoms. The Labute approximate surface area is 113 Å². The quantitative estimate of drug-likeness (QED) is 0.786. The van der Waals surface area contributed by atoms with Crippen molar-refractivity contribution >= 4 is 11.7 Å². The topological polar surface area (TPSA) is 61.4 Å². The summed E-state index contributed by atoms with van der Waals surface area (Å²) in [4.78, 5) is 11.5. The predicted molar refractivity (Wildman–Crippen MR) is 73.5 cm³/mol. The van der Waals surface area contributed by atoms with Crippen LogP contribution in [0.25, 0.3) is 0 Å². The number of carbonyl (C=O) groups is 1. The van der Waals surface area contributed by atoms with Crippen LogP contribution in [0.4, 0.5) is 14.9 Å². The number of para-hydroxylation sites is 1. The molecule has 1 aromatic carbocycles. The van der Waals surface area contributed by atoms with Crippen LogP contribution in [0.15, 0.2) is 24.3 Å². The summed E-state index contributed by atoms with van der Waals surface area (Å²) in [6.07, 6.45) is -0.0463. The number of aliphatic hydroxyl groups excluding tert-OH is 1. The van der Waals surface area contributed by atoms with Gasteiger partial charge in [0, 0.05) is 6.54 Å². The molecule has 106 valence electrons. The number of hydrogen-bond donors (Lipinski definition) is 3. The number of benzene rings is 1. The molecule has 0 heterocycles. The van der Waals surface area contributed by atoms with E-state index in [1.165, 1.54) is 12.1 Å². The predicted octanol–water partition coefficient (Wildman–Crippen LogP) is 2.74. The highest BCUT2D eigenvalue weighted by atomic mass is 19.1. The Morgan fingerprint density at radius 3 is 2.58 bits per heavy atom. The maximum absolute atomic E-state index is 13.3. The molecule has 4 nitrogen and oxygen atoms in total. The molecule has 0 saturated heterocycles. The van der Waals surface area contributed by atoms with Crippen LogP contribution in [0.3, 0.4) is 0 Å². The molecule has 0 radical (unpaired) electrons. The molecule has 0 saturated carbocycles. The largest absolute Gasteiger partial charge is 0.393 e. The van der Waals surface area contributed by atoms with Gasteiger partial charge in [-0.1, -0.05) is 32.9 Å². The standard InChI is InChI=1S/C14H21FN2O2/c1-14(2,3)12(18)8-9-16-13(19)17-11-7-5-4-6-10(11)15/h4-7,12,18H,8-9H2,1-3H3,(H2,16,17,19). The van der Waals surface area contributed by atoms with E-state index in [0.717, 1.165) is 0 Å². The minimum absolute atomic E-state index is 0.136. The summed E-state index contributed by atoms with van der Waals surface area (Å²) >= 11 is 0. The van der Waals surface area contributed by atoms with E-state index in [1.807, 2.05) is 20.8 Å². The number of amides is 2. The summed E-state index contributed by atoms with van der Waals surface area (Å²) in [5.74, 6) is -0.479. The molecule has 0 aliphatic carbocycles. The van der Waals surface area contributed by atoms with Gasteiger partial charge in [0.1, 0.15) is 5.82 Å². The van der Waals surface area contributed by atoms with E-state index in [0.29, 0.717) is 13.0 Å². The maximum atomic E-state index is 13.3. The molecule has 1 rings (SSSR count). The maximum Gasteiger partial charge on any atom is 0.319 e. The van der Waals surface area contributed by atoms with Crippen molar-refractivity contribution in [1.82, 2.24) is 5.32 Å². The number of carbonyl (C=O) groups excluding carboxylic acids is 1. The first-order valence-corrected chi connectivity index (χ1v) is 6.28. The van der Waals surface area contributed by atoms with Crippen molar-refractivity contribution < 1.29 is 14.3 Å². The van der Waals surface area contributed by atoms with Crippen molar-refractivity contribution in [2.75, 3.05) is 11.9 Å². The molecule has 1 unspecified atom stereocenters. The van der Waals surface area contributed by atoms with Crippen LogP contribution in [-0.2, 0) is 0 Å². The SMILES string of the molecule is CC(C)(C)C(O)CCNC(=O)Nc1ccccc1F. The fourth-order valence-electron chi connectivity index (χ4n) is 1.48. The third-order valence-electron chi connectivity index (χ3n) is 2.83. The second-order valence-electron chi connectivity index (χ2n) is 5.53. The minimum Gasteiger partial charge on any atom is -0.393 e. The fraction of sp³-hybridized carbons (Fsp3) is 0.500. The molecule has 0 bridgehead atoms. The first-order chi connectivity index (χ1) is 8.80. The molecular weight excluding hydrogens is 247 g/mol. The average molecular weight is 268 g/mol. The second-order valence-corrected chi connectivity index (χ2v) is 5.53. The first kappa shape index (κ1) is 15.4. The van der Waals surface area contributed by atoms with Crippen molar-refractivity contribution in [3.63, 3.8) is 0 Å². The lowest BCUT2D eigenvalue weighted by molar-refractivity contribution is 0.0565. The van der Waals surface area contributed by atoms with Crippen LogP contribution in [-0.4, -0.2) is 23.8 Å². The summed E-state index contributed by atoms with van der Waals surface area (Å²) in [6, 6.07) is 5.48. The van der Waals surface area contributed by atoms with Gasteiger partial charge in [0.05, 0.1) is 11.8 Å². The molecule has 0 aromatic heterocycles. The molecule has 0 aliphatic heterocycles. The highest BCUT2D eigenvalue weighted by Gasteiger charge is 2.21. The number of hydrogen-bond acceptors (Lipinski definition) is 2.